The third-order valence-electron chi connectivity index (χ3n) is 4.51. The van der Waals surface area contributed by atoms with E-state index in [-0.39, 0.29) is 5.92 Å². The van der Waals surface area contributed by atoms with E-state index < -0.39 is 0 Å². The van der Waals surface area contributed by atoms with E-state index in [9.17, 15) is 0 Å². The van der Waals surface area contributed by atoms with Gasteiger partial charge in [-0.3, -0.25) is 0 Å². The normalized spacial score (nSPS) is 39.6. The third-order valence-corrected chi connectivity index (χ3v) is 4.51. The fourth-order valence-electron chi connectivity index (χ4n) is 3.24. The van der Waals surface area contributed by atoms with Crippen LogP contribution < -0.4 is 0 Å². The molecule has 4 atom stereocenters. The van der Waals surface area contributed by atoms with Gasteiger partial charge in [-0.25, -0.2) is 0 Å². The summed E-state index contributed by atoms with van der Waals surface area (Å²) in [5.41, 5.74) is 2.02. The minimum atomic E-state index is 0.189. The van der Waals surface area contributed by atoms with Crippen molar-refractivity contribution in [3.63, 3.8) is 0 Å². The summed E-state index contributed by atoms with van der Waals surface area (Å²) >= 11 is 0. The zero-order chi connectivity index (χ0) is 10.5. The molecule has 0 radical (unpaired) electrons. The molecule has 0 N–H and O–H groups in total. The monoisotopic (exact) mass is 189 g/mol. The quantitative estimate of drug-likeness (QED) is 0.611. The van der Waals surface area contributed by atoms with Crippen LogP contribution in [0.3, 0.4) is 0 Å². The van der Waals surface area contributed by atoms with Crippen molar-refractivity contribution >= 4 is 0 Å². The second kappa shape index (κ2) is 2.86. The van der Waals surface area contributed by atoms with Gasteiger partial charge in [0.1, 0.15) is 0 Å². The lowest BCUT2D eigenvalue weighted by Crippen LogP contribution is -2.57. The summed E-state index contributed by atoms with van der Waals surface area (Å²) in [6, 6.07) is 2.32. The SMILES string of the molecule is CC(C#N)CC1=CC2[C@@H](C)C(C)(C)[C@H]12. The van der Waals surface area contributed by atoms with E-state index in [1.165, 1.54) is 0 Å². The lowest BCUT2D eigenvalue weighted by molar-refractivity contribution is -0.0629. The third kappa shape index (κ3) is 1.06. The van der Waals surface area contributed by atoms with E-state index in [0.29, 0.717) is 5.41 Å². The first-order valence-corrected chi connectivity index (χ1v) is 5.58. The summed E-state index contributed by atoms with van der Waals surface area (Å²) in [5.74, 6) is 2.63. The average molecular weight is 189 g/mol. The maximum Gasteiger partial charge on any atom is 0.0656 e. The molecule has 14 heavy (non-hydrogen) atoms. The molecule has 0 heterocycles. The predicted octanol–water partition coefficient (Wildman–Crippen LogP) is 3.38. The van der Waals surface area contributed by atoms with Gasteiger partial charge in [0.15, 0.2) is 0 Å². The second-order valence-corrected chi connectivity index (χ2v) is 5.64. The molecule has 1 saturated carbocycles. The largest absolute Gasteiger partial charge is 0.198 e. The Labute approximate surface area is 86.8 Å². The minimum absolute atomic E-state index is 0.189. The Hall–Kier alpha value is -0.770. The molecule has 1 fully saturated rings. The summed E-state index contributed by atoms with van der Waals surface area (Å²) in [5, 5.41) is 8.78. The van der Waals surface area contributed by atoms with Crippen LogP contribution >= 0.6 is 0 Å². The number of hydrogen-bond acceptors (Lipinski definition) is 1. The number of nitriles is 1. The van der Waals surface area contributed by atoms with E-state index in [0.717, 1.165) is 24.2 Å². The molecule has 0 aromatic rings. The molecule has 0 aliphatic heterocycles. The van der Waals surface area contributed by atoms with Crippen LogP contribution in [0.1, 0.15) is 34.1 Å². The van der Waals surface area contributed by atoms with Crippen LogP contribution in [0.25, 0.3) is 0 Å². The highest BCUT2D eigenvalue weighted by Gasteiger charge is 2.58. The fourth-order valence-corrected chi connectivity index (χ4v) is 3.24. The Bertz CT molecular complexity index is 319. The zero-order valence-corrected chi connectivity index (χ0v) is 9.54. The van der Waals surface area contributed by atoms with Crippen LogP contribution in [0.2, 0.25) is 0 Å². The Morgan fingerprint density at radius 3 is 2.71 bits per heavy atom. The minimum Gasteiger partial charge on any atom is -0.198 e. The Kier molecular flexibility index (Phi) is 2.00. The van der Waals surface area contributed by atoms with Crippen molar-refractivity contribution in [1.82, 2.24) is 0 Å². The molecule has 2 rings (SSSR count). The molecule has 1 heteroatoms. The number of fused-ring (bicyclic) bond motifs is 1. The van der Waals surface area contributed by atoms with E-state index in [1.807, 2.05) is 6.92 Å². The topological polar surface area (TPSA) is 23.8 Å². The molecule has 1 nitrogen and oxygen atoms in total. The van der Waals surface area contributed by atoms with Gasteiger partial charge in [-0.15, -0.1) is 0 Å². The number of hydrogen-bond donors (Lipinski definition) is 0. The van der Waals surface area contributed by atoms with E-state index in [2.05, 4.69) is 32.9 Å². The molecule has 2 aliphatic rings. The van der Waals surface area contributed by atoms with Crippen molar-refractivity contribution < 1.29 is 0 Å². The highest BCUT2D eigenvalue weighted by atomic mass is 14.6. The van der Waals surface area contributed by atoms with Gasteiger partial charge in [0.25, 0.3) is 0 Å². The molecular formula is C13H19N. The molecule has 0 saturated heterocycles. The number of allylic oxidation sites excluding steroid dienone is 2. The van der Waals surface area contributed by atoms with Gasteiger partial charge in [-0.05, 0) is 36.5 Å². The summed E-state index contributed by atoms with van der Waals surface area (Å²) in [6.07, 6.45) is 3.40. The van der Waals surface area contributed by atoms with Crippen molar-refractivity contribution in [2.24, 2.45) is 29.1 Å². The molecule has 2 aliphatic carbocycles. The van der Waals surface area contributed by atoms with Gasteiger partial charge >= 0.3 is 0 Å². The van der Waals surface area contributed by atoms with E-state index in [4.69, 9.17) is 5.26 Å². The van der Waals surface area contributed by atoms with Gasteiger partial charge < -0.3 is 0 Å². The van der Waals surface area contributed by atoms with Crippen molar-refractivity contribution in [3.8, 4) is 6.07 Å². The van der Waals surface area contributed by atoms with E-state index in [1.54, 1.807) is 5.57 Å². The van der Waals surface area contributed by atoms with Crippen LogP contribution in [0, 0.1) is 40.4 Å². The van der Waals surface area contributed by atoms with Crippen LogP contribution in [0.15, 0.2) is 11.6 Å². The van der Waals surface area contributed by atoms with Crippen molar-refractivity contribution in [1.29, 1.82) is 5.26 Å². The lowest BCUT2D eigenvalue weighted by atomic mass is 9.41. The Morgan fingerprint density at radius 1 is 1.57 bits per heavy atom. The van der Waals surface area contributed by atoms with Crippen LogP contribution in [-0.2, 0) is 0 Å². The molecule has 0 bridgehead atoms. The lowest BCUT2D eigenvalue weighted by Gasteiger charge is -2.63. The first-order valence-electron chi connectivity index (χ1n) is 5.58. The standard InChI is InChI=1S/C13H19N/c1-8(7-14)5-10-6-11-9(2)13(3,4)12(10)11/h6,8-9,11-12H,5H2,1-4H3/t8?,9-,11?,12-/m1/s1. The van der Waals surface area contributed by atoms with E-state index >= 15 is 0 Å². The smallest absolute Gasteiger partial charge is 0.0656 e. The molecule has 0 amide bonds. The first-order chi connectivity index (χ1) is 6.48. The van der Waals surface area contributed by atoms with Crippen molar-refractivity contribution in [3.05, 3.63) is 11.6 Å². The van der Waals surface area contributed by atoms with Crippen LogP contribution in [0.4, 0.5) is 0 Å². The fraction of sp³-hybridized carbons (Fsp3) is 0.769. The van der Waals surface area contributed by atoms with Gasteiger partial charge in [0.05, 0.1) is 6.07 Å². The highest BCUT2D eigenvalue weighted by Crippen LogP contribution is 2.65. The molecule has 0 aromatic carbocycles. The van der Waals surface area contributed by atoms with Gasteiger partial charge in [-0.2, -0.15) is 5.26 Å². The van der Waals surface area contributed by atoms with Crippen LogP contribution in [0.5, 0.6) is 0 Å². The Balaban J connectivity index is 2.04. The zero-order valence-electron chi connectivity index (χ0n) is 9.54. The summed E-state index contributed by atoms with van der Waals surface area (Å²) in [6.45, 7) is 9.09. The second-order valence-electron chi connectivity index (χ2n) is 5.64. The van der Waals surface area contributed by atoms with Gasteiger partial charge in [0.2, 0.25) is 0 Å². The molecule has 76 valence electrons. The highest BCUT2D eigenvalue weighted by molar-refractivity contribution is 5.34. The van der Waals surface area contributed by atoms with Crippen LogP contribution in [-0.4, -0.2) is 0 Å². The molecule has 0 aromatic heterocycles. The maximum atomic E-state index is 8.78. The Morgan fingerprint density at radius 2 is 2.21 bits per heavy atom. The molecule has 0 spiro atoms. The van der Waals surface area contributed by atoms with Crippen molar-refractivity contribution in [2.75, 3.05) is 0 Å². The first kappa shape index (κ1) is 9.77. The maximum absolute atomic E-state index is 8.78. The molecule has 2 unspecified atom stereocenters. The molecular weight excluding hydrogens is 170 g/mol. The summed E-state index contributed by atoms with van der Waals surface area (Å²) in [4.78, 5) is 0. The number of rotatable bonds is 2. The predicted molar refractivity (Wildman–Crippen MR) is 57.4 cm³/mol. The van der Waals surface area contributed by atoms with Gasteiger partial charge in [-0.1, -0.05) is 32.4 Å². The summed E-state index contributed by atoms with van der Waals surface area (Å²) in [7, 11) is 0. The summed E-state index contributed by atoms with van der Waals surface area (Å²) < 4.78 is 0. The van der Waals surface area contributed by atoms with Gasteiger partial charge in [0, 0.05) is 5.92 Å². The average Bonchev–Trinajstić information content (AvgIpc) is 2.09. The van der Waals surface area contributed by atoms with Crippen molar-refractivity contribution in [2.45, 2.75) is 34.1 Å². The number of nitrogens with zero attached hydrogens (tertiary/aromatic N) is 1.